The van der Waals surface area contributed by atoms with Crippen LogP contribution in [0.3, 0.4) is 0 Å². The van der Waals surface area contributed by atoms with Gasteiger partial charge >= 0.3 is 0 Å². The Hall–Kier alpha value is -3.80. The second kappa shape index (κ2) is 6.25. The highest BCUT2D eigenvalue weighted by Gasteiger charge is 2.11. The van der Waals surface area contributed by atoms with E-state index in [1.165, 1.54) is 0 Å². The number of hydrogen-bond donors (Lipinski definition) is 2. The molecule has 0 spiro atoms. The minimum absolute atomic E-state index is 0.0605. The van der Waals surface area contributed by atoms with Crippen LogP contribution in [0.2, 0.25) is 0 Å². The van der Waals surface area contributed by atoms with E-state index >= 15 is 0 Å². The Labute approximate surface area is 148 Å². The van der Waals surface area contributed by atoms with E-state index in [4.69, 9.17) is 5.73 Å². The fourth-order valence-electron chi connectivity index (χ4n) is 2.75. The molecule has 0 aliphatic rings. The zero-order valence-electron chi connectivity index (χ0n) is 13.6. The van der Waals surface area contributed by atoms with Crippen molar-refractivity contribution < 1.29 is 9.59 Å². The van der Waals surface area contributed by atoms with Crippen molar-refractivity contribution in [3.05, 3.63) is 83.7 Å². The summed E-state index contributed by atoms with van der Waals surface area (Å²) < 4.78 is 0. The summed E-state index contributed by atoms with van der Waals surface area (Å²) in [4.78, 5) is 35.3. The standard InChI is InChI=1S/C20H14N4O2/c21-19(26)15-5-6-16-17(11-15)24-20(23-16)14-3-1-12(2-4-14)18(25)13-7-9-22-10-8-13/h1-11H,(H2,21,26)(H,23,24). The fourth-order valence-corrected chi connectivity index (χ4v) is 2.75. The topological polar surface area (TPSA) is 102 Å². The third-order valence-electron chi connectivity index (χ3n) is 4.13. The maximum Gasteiger partial charge on any atom is 0.248 e. The van der Waals surface area contributed by atoms with Crippen LogP contribution in [0.1, 0.15) is 26.3 Å². The molecule has 1 amide bonds. The molecule has 26 heavy (non-hydrogen) atoms. The third-order valence-corrected chi connectivity index (χ3v) is 4.13. The number of benzene rings is 2. The molecule has 2 heterocycles. The number of aromatic nitrogens is 3. The lowest BCUT2D eigenvalue weighted by atomic mass is 10.0. The lowest BCUT2D eigenvalue weighted by Crippen LogP contribution is -2.10. The molecule has 6 heteroatoms. The molecule has 0 unspecified atom stereocenters. The van der Waals surface area contributed by atoms with E-state index < -0.39 is 5.91 Å². The number of hydrogen-bond acceptors (Lipinski definition) is 4. The molecule has 0 saturated heterocycles. The van der Waals surface area contributed by atoms with Gasteiger partial charge in [-0.15, -0.1) is 0 Å². The molecule has 4 aromatic rings. The SMILES string of the molecule is NC(=O)c1ccc2nc(-c3ccc(C(=O)c4ccncc4)cc3)[nH]c2c1. The van der Waals surface area contributed by atoms with Crippen molar-refractivity contribution >= 4 is 22.7 Å². The van der Waals surface area contributed by atoms with Crippen LogP contribution >= 0.6 is 0 Å². The maximum atomic E-state index is 12.4. The molecule has 2 aromatic carbocycles. The Morgan fingerprint density at radius 3 is 2.19 bits per heavy atom. The Bertz CT molecular complexity index is 1120. The van der Waals surface area contributed by atoms with Crippen molar-refractivity contribution in [1.82, 2.24) is 15.0 Å². The first-order valence-electron chi connectivity index (χ1n) is 7.96. The van der Waals surface area contributed by atoms with Crippen LogP contribution < -0.4 is 5.73 Å². The van der Waals surface area contributed by atoms with Crippen molar-refractivity contribution in [2.45, 2.75) is 0 Å². The molecule has 0 saturated carbocycles. The first-order valence-corrected chi connectivity index (χ1v) is 7.96. The molecule has 126 valence electrons. The molecule has 4 rings (SSSR count). The molecule has 0 bridgehead atoms. The van der Waals surface area contributed by atoms with Crippen LogP contribution in [0.15, 0.2) is 67.0 Å². The largest absolute Gasteiger partial charge is 0.366 e. The number of nitrogens with zero attached hydrogens (tertiary/aromatic N) is 2. The van der Waals surface area contributed by atoms with Crippen molar-refractivity contribution in [3.63, 3.8) is 0 Å². The lowest BCUT2D eigenvalue weighted by Gasteiger charge is -2.02. The number of amides is 1. The molecule has 2 aromatic heterocycles. The van der Waals surface area contributed by atoms with Gasteiger partial charge in [0.05, 0.1) is 11.0 Å². The summed E-state index contributed by atoms with van der Waals surface area (Å²) in [6.45, 7) is 0. The van der Waals surface area contributed by atoms with Gasteiger partial charge in [0.2, 0.25) is 5.91 Å². The van der Waals surface area contributed by atoms with E-state index in [1.807, 2.05) is 12.1 Å². The predicted molar refractivity (Wildman–Crippen MR) is 97.7 cm³/mol. The summed E-state index contributed by atoms with van der Waals surface area (Å²) in [6.07, 6.45) is 3.19. The smallest absolute Gasteiger partial charge is 0.248 e. The van der Waals surface area contributed by atoms with Gasteiger partial charge in [-0.3, -0.25) is 14.6 Å². The second-order valence-corrected chi connectivity index (χ2v) is 5.82. The van der Waals surface area contributed by atoms with Crippen LogP contribution in [0.4, 0.5) is 0 Å². The quantitative estimate of drug-likeness (QED) is 0.557. The Kier molecular flexibility index (Phi) is 3.78. The average molecular weight is 342 g/mol. The molecule has 6 nitrogen and oxygen atoms in total. The van der Waals surface area contributed by atoms with Crippen LogP contribution in [0, 0.1) is 0 Å². The van der Waals surface area contributed by atoms with Gasteiger partial charge in [0.25, 0.3) is 0 Å². The summed E-state index contributed by atoms with van der Waals surface area (Å²) in [7, 11) is 0. The van der Waals surface area contributed by atoms with E-state index in [0.29, 0.717) is 22.5 Å². The van der Waals surface area contributed by atoms with Crippen LogP contribution in [-0.4, -0.2) is 26.6 Å². The zero-order valence-corrected chi connectivity index (χ0v) is 13.6. The molecule has 0 atom stereocenters. The molecule has 0 aliphatic carbocycles. The molecular weight excluding hydrogens is 328 g/mol. The van der Waals surface area contributed by atoms with Crippen LogP contribution in [0.5, 0.6) is 0 Å². The molecule has 3 N–H and O–H groups in total. The summed E-state index contributed by atoms with van der Waals surface area (Å²) in [5, 5.41) is 0. The van der Waals surface area contributed by atoms with Crippen molar-refractivity contribution in [2.75, 3.05) is 0 Å². The van der Waals surface area contributed by atoms with Gasteiger partial charge in [0.15, 0.2) is 5.78 Å². The monoisotopic (exact) mass is 342 g/mol. The van der Waals surface area contributed by atoms with Crippen LogP contribution in [0.25, 0.3) is 22.4 Å². The highest BCUT2D eigenvalue weighted by atomic mass is 16.1. The Balaban J connectivity index is 1.65. The van der Waals surface area contributed by atoms with E-state index in [0.717, 1.165) is 16.6 Å². The number of primary amides is 1. The maximum absolute atomic E-state index is 12.4. The molecular formula is C20H14N4O2. The predicted octanol–water partition coefficient (Wildman–Crippen LogP) is 2.95. The van der Waals surface area contributed by atoms with E-state index in [9.17, 15) is 9.59 Å². The number of carbonyl (C=O) groups is 2. The van der Waals surface area contributed by atoms with Gasteiger partial charge in [0.1, 0.15) is 5.82 Å². The molecule has 0 fully saturated rings. The third kappa shape index (κ3) is 2.84. The number of carbonyl (C=O) groups excluding carboxylic acids is 2. The number of imidazole rings is 1. The number of pyridine rings is 1. The van der Waals surface area contributed by atoms with Crippen molar-refractivity contribution in [3.8, 4) is 11.4 Å². The number of nitrogens with one attached hydrogen (secondary N) is 1. The van der Waals surface area contributed by atoms with Crippen molar-refractivity contribution in [1.29, 1.82) is 0 Å². The summed E-state index contributed by atoms with van der Waals surface area (Å²) in [6, 6.07) is 15.6. The van der Waals surface area contributed by atoms with E-state index in [2.05, 4.69) is 15.0 Å². The lowest BCUT2D eigenvalue weighted by molar-refractivity contribution is 0.0998. The first kappa shape index (κ1) is 15.7. The van der Waals surface area contributed by atoms with Gasteiger partial charge < -0.3 is 10.7 Å². The zero-order chi connectivity index (χ0) is 18.1. The fraction of sp³-hybridized carbons (Fsp3) is 0. The molecule has 0 aliphatic heterocycles. The van der Waals surface area contributed by atoms with E-state index in [1.54, 1.807) is 54.9 Å². The van der Waals surface area contributed by atoms with Gasteiger partial charge in [-0.05, 0) is 30.3 Å². The average Bonchev–Trinajstić information content (AvgIpc) is 3.11. The number of fused-ring (bicyclic) bond motifs is 1. The number of H-pyrrole nitrogens is 1. The number of ketones is 1. The Morgan fingerprint density at radius 1 is 0.846 bits per heavy atom. The summed E-state index contributed by atoms with van der Waals surface area (Å²) in [5.41, 5.74) is 9.22. The molecule has 0 radical (unpaired) electrons. The summed E-state index contributed by atoms with van der Waals surface area (Å²) in [5.74, 6) is 0.112. The second-order valence-electron chi connectivity index (χ2n) is 5.82. The minimum atomic E-state index is -0.484. The van der Waals surface area contributed by atoms with E-state index in [-0.39, 0.29) is 5.78 Å². The van der Waals surface area contributed by atoms with Gasteiger partial charge in [-0.25, -0.2) is 4.98 Å². The Morgan fingerprint density at radius 2 is 1.50 bits per heavy atom. The van der Waals surface area contributed by atoms with Gasteiger partial charge in [-0.2, -0.15) is 0 Å². The number of nitrogens with two attached hydrogens (primary N) is 1. The first-order chi connectivity index (χ1) is 12.6. The summed E-state index contributed by atoms with van der Waals surface area (Å²) >= 11 is 0. The van der Waals surface area contributed by atoms with Gasteiger partial charge in [0, 0.05) is 34.6 Å². The highest BCUT2D eigenvalue weighted by molar-refractivity contribution is 6.09. The minimum Gasteiger partial charge on any atom is -0.366 e. The van der Waals surface area contributed by atoms with Gasteiger partial charge in [-0.1, -0.05) is 24.3 Å². The normalized spacial score (nSPS) is 10.8. The number of aromatic amines is 1. The van der Waals surface area contributed by atoms with Crippen molar-refractivity contribution in [2.24, 2.45) is 5.73 Å². The number of rotatable bonds is 4. The highest BCUT2D eigenvalue weighted by Crippen LogP contribution is 2.22. The van der Waals surface area contributed by atoms with Crippen LogP contribution in [-0.2, 0) is 0 Å².